The largest absolute Gasteiger partial charge is 0.272 e. The third kappa shape index (κ3) is 3.50. The van der Waals surface area contributed by atoms with E-state index in [1.807, 2.05) is 36.4 Å². The predicted octanol–water partition coefficient (Wildman–Crippen LogP) is 5.45. The molecule has 0 saturated heterocycles. The third-order valence-electron chi connectivity index (χ3n) is 4.31. The molecule has 6 heteroatoms. The second-order valence-electron chi connectivity index (χ2n) is 6.08. The molecule has 0 unspecified atom stereocenters. The van der Waals surface area contributed by atoms with Crippen molar-refractivity contribution >= 4 is 28.3 Å². The third-order valence-corrected chi connectivity index (χ3v) is 4.56. The number of nitro benzene ring substituents is 1. The molecule has 0 radical (unpaired) electrons. The first-order valence-electron chi connectivity index (χ1n) is 8.36. The molecule has 5 nitrogen and oxygen atoms in total. The summed E-state index contributed by atoms with van der Waals surface area (Å²) in [6.07, 6.45) is 0.312. The number of fused-ring (bicyclic) bond motifs is 1. The number of hydrogen-bond donors (Lipinski definition) is 0. The van der Waals surface area contributed by atoms with Crippen LogP contribution in [-0.2, 0) is 6.42 Å². The number of nitro groups is 1. The summed E-state index contributed by atoms with van der Waals surface area (Å²) in [6.45, 7) is 0. The van der Waals surface area contributed by atoms with E-state index >= 15 is 0 Å². The Labute approximate surface area is 160 Å². The SMILES string of the molecule is O=[N+]([O-])c1ccccc1Cc1nc2ccccc2nc1-c1ccc(Cl)cc1. The van der Waals surface area contributed by atoms with Crippen LogP contribution >= 0.6 is 11.6 Å². The number of nitrogens with zero attached hydrogens (tertiary/aromatic N) is 3. The highest BCUT2D eigenvalue weighted by Gasteiger charge is 2.17. The average molecular weight is 376 g/mol. The van der Waals surface area contributed by atoms with Gasteiger partial charge in [-0.2, -0.15) is 0 Å². The second kappa shape index (κ2) is 7.13. The van der Waals surface area contributed by atoms with Gasteiger partial charge in [0.1, 0.15) is 0 Å². The van der Waals surface area contributed by atoms with Crippen molar-refractivity contribution in [1.29, 1.82) is 0 Å². The van der Waals surface area contributed by atoms with Crippen LogP contribution in [0.5, 0.6) is 0 Å². The Morgan fingerprint density at radius 3 is 2.19 bits per heavy atom. The summed E-state index contributed by atoms with van der Waals surface area (Å²) in [4.78, 5) is 20.5. The summed E-state index contributed by atoms with van der Waals surface area (Å²) in [7, 11) is 0. The topological polar surface area (TPSA) is 68.9 Å². The van der Waals surface area contributed by atoms with E-state index in [0.29, 0.717) is 28.4 Å². The fraction of sp³-hybridized carbons (Fsp3) is 0.0476. The Morgan fingerprint density at radius 2 is 1.48 bits per heavy atom. The summed E-state index contributed by atoms with van der Waals surface area (Å²) in [6, 6.07) is 21.6. The van der Waals surface area contributed by atoms with E-state index < -0.39 is 0 Å². The van der Waals surface area contributed by atoms with Crippen LogP contribution in [0.4, 0.5) is 5.69 Å². The first-order valence-corrected chi connectivity index (χ1v) is 8.73. The summed E-state index contributed by atoms with van der Waals surface area (Å²) >= 11 is 6.01. The number of rotatable bonds is 4. The summed E-state index contributed by atoms with van der Waals surface area (Å²) in [5, 5.41) is 12.0. The van der Waals surface area contributed by atoms with Crippen molar-refractivity contribution in [3.63, 3.8) is 0 Å². The van der Waals surface area contributed by atoms with Crippen LogP contribution in [0.15, 0.2) is 72.8 Å². The van der Waals surface area contributed by atoms with E-state index in [-0.39, 0.29) is 10.6 Å². The summed E-state index contributed by atoms with van der Waals surface area (Å²) in [5.41, 5.74) is 4.45. The van der Waals surface area contributed by atoms with Crippen molar-refractivity contribution in [3.05, 3.63) is 99.2 Å². The number of hydrogen-bond acceptors (Lipinski definition) is 4. The molecule has 0 amide bonds. The van der Waals surface area contributed by atoms with Crippen LogP contribution in [-0.4, -0.2) is 14.9 Å². The fourth-order valence-corrected chi connectivity index (χ4v) is 3.14. The van der Waals surface area contributed by atoms with Crippen molar-refractivity contribution in [2.75, 3.05) is 0 Å². The molecule has 1 heterocycles. The average Bonchev–Trinajstić information content (AvgIpc) is 2.68. The van der Waals surface area contributed by atoms with Gasteiger partial charge in [-0.25, -0.2) is 9.97 Å². The van der Waals surface area contributed by atoms with Crippen LogP contribution in [0, 0.1) is 10.1 Å². The van der Waals surface area contributed by atoms with Gasteiger partial charge < -0.3 is 0 Å². The smallest absolute Gasteiger partial charge is 0.258 e. The van der Waals surface area contributed by atoms with Crippen molar-refractivity contribution in [1.82, 2.24) is 9.97 Å². The van der Waals surface area contributed by atoms with Gasteiger partial charge in [-0.05, 0) is 24.3 Å². The van der Waals surface area contributed by atoms with Gasteiger partial charge in [0.2, 0.25) is 0 Å². The number of halogens is 1. The maximum atomic E-state index is 11.4. The molecule has 4 aromatic rings. The lowest BCUT2D eigenvalue weighted by atomic mass is 10.0. The van der Waals surface area contributed by atoms with Crippen molar-refractivity contribution < 1.29 is 4.92 Å². The molecule has 0 aliphatic heterocycles. The molecule has 132 valence electrons. The highest BCUT2D eigenvalue weighted by atomic mass is 35.5. The molecule has 3 aromatic carbocycles. The lowest BCUT2D eigenvalue weighted by Gasteiger charge is -2.11. The lowest BCUT2D eigenvalue weighted by Crippen LogP contribution is -2.02. The molecule has 27 heavy (non-hydrogen) atoms. The molecule has 0 fully saturated rings. The van der Waals surface area contributed by atoms with Crippen LogP contribution in [0.2, 0.25) is 5.02 Å². The minimum Gasteiger partial charge on any atom is -0.258 e. The molecule has 4 rings (SSSR count). The standard InChI is InChI=1S/C21H14ClN3O2/c22-16-11-9-14(10-12-16)21-19(23-17-6-2-3-7-18(17)24-21)13-15-5-1-4-8-20(15)25(26)27/h1-12H,13H2. The van der Waals surface area contributed by atoms with E-state index in [1.165, 1.54) is 6.07 Å². The zero-order valence-corrected chi connectivity index (χ0v) is 14.9. The molecule has 0 saturated carbocycles. The fourth-order valence-electron chi connectivity index (χ4n) is 3.02. The van der Waals surface area contributed by atoms with Gasteiger partial charge in [0.15, 0.2) is 0 Å². The summed E-state index contributed by atoms with van der Waals surface area (Å²) in [5.74, 6) is 0. The number of aromatic nitrogens is 2. The van der Waals surface area contributed by atoms with Crippen LogP contribution in [0.3, 0.4) is 0 Å². The van der Waals surface area contributed by atoms with E-state index in [1.54, 1.807) is 30.3 Å². The Morgan fingerprint density at radius 1 is 0.852 bits per heavy atom. The molecule has 0 aliphatic rings. The molecular weight excluding hydrogens is 362 g/mol. The maximum absolute atomic E-state index is 11.4. The summed E-state index contributed by atoms with van der Waals surface area (Å²) < 4.78 is 0. The maximum Gasteiger partial charge on any atom is 0.272 e. The highest BCUT2D eigenvalue weighted by Crippen LogP contribution is 2.28. The van der Waals surface area contributed by atoms with E-state index in [9.17, 15) is 10.1 Å². The normalized spacial score (nSPS) is 10.9. The van der Waals surface area contributed by atoms with Crippen molar-refractivity contribution in [3.8, 4) is 11.3 Å². The molecule has 0 spiro atoms. The van der Waals surface area contributed by atoms with Gasteiger partial charge in [0.25, 0.3) is 5.69 Å². The van der Waals surface area contributed by atoms with Crippen LogP contribution in [0.25, 0.3) is 22.3 Å². The highest BCUT2D eigenvalue weighted by molar-refractivity contribution is 6.30. The zero-order chi connectivity index (χ0) is 18.8. The first kappa shape index (κ1) is 17.1. The van der Waals surface area contributed by atoms with E-state index in [2.05, 4.69) is 0 Å². The Kier molecular flexibility index (Phi) is 4.52. The molecule has 1 aromatic heterocycles. The van der Waals surface area contributed by atoms with Gasteiger partial charge in [-0.3, -0.25) is 10.1 Å². The van der Waals surface area contributed by atoms with Crippen LogP contribution < -0.4 is 0 Å². The minimum atomic E-state index is -0.369. The molecule has 0 N–H and O–H groups in total. The zero-order valence-electron chi connectivity index (χ0n) is 14.2. The number of para-hydroxylation sites is 3. The quantitative estimate of drug-likeness (QED) is 0.351. The molecule has 0 bridgehead atoms. The lowest BCUT2D eigenvalue weighted by molar-refractivity contribution is -0.385. The van der Waals surface area contributed by atoms with Gasteiger partial charge in [0, 0.05) is 28.6 Å². The van der Waals surface area contributed by atoms with E-state index in [4.69, 9.17) is 21.6 Å². The Balaban J connectivity index is 1.89. The number of benzene rings is 3. The minimum absolute atomic E-state index is 0.0783. The van der Waals surface area contributed by atoms with E-state index in [0.717, 1.165) is 16.6 Å². The molecule has 0 aliphatic carbocycles. The molecule has 0 atom stereocenters. The van der Waals surface area contributed by atoms with Crippen molar-refractivity contribution in [2.24, 2.45) is 0 Å². The van der Waals surface area contributed by atoms with Gasteiger partial charge >= 0.3 is 0 Å². The monoisotopic (exact) mass is 375 g/mol. The van der Waals surface area contributed by atoms with Gasteiger partial charge in [-0.1, -0.05) is 54.1 Å². The van der Waals surface area contributed by atoms with Gasteiger partial charge in [-0.15, -0.1) is 0 Å². The van der Waals surface area contributed by atoms with Crippen LogP contribution in [0.1, 0.15) is 11.3 Å². The van der Waals surface area contributed by atoms with Crippen molar-refractivity contribution in [2.45, 2.75) is 6.42 Å². The first-order chi connectivity index (χ1) is 13.1. The molecular formula is C21H14ClN3O2. The van der Waals surface area contributed by atoms with Gasteiger partial charge in [0.05, 0.1) is 27.3 Å². The Hall–Kier alpha value is -3.31. The second-order valence-corrected chi connectivity index (χ2v) is 6.51. The Bertz CT molecular complexity index is 1140. The predicted molar refractivity (Wildman–Crippen MR) is 106 cm³/mol.